The zero-order valence-corrected chi connectivity index (χ0v) is 11.3. The lowest BCUT2D eigenvalue weighted by Gasteiger charge is -2.19. The summed E-state index contributed by atoms with van der Waals surface area (Å²) in [6.07, 6.45) is 2.43. The van der Waals surface area contributed by atoms with Crippen LogP contribution in [0.2, 0.25) is 0 Å². The summed E-state index contributed by atoms with van der Waals surface area (Å²) in [6, 6.07) is 5.56. The second kappa shape index (κ2) is 5.43. The predicted molar refractivity (Wildman–Crippen MR) is 77.3 cm³/mol. The molecule has 21 heavy (non-hydrogen) atoms. The Labute approximate surface area is 121 Å². The number of nitrogens with two attached hydrogens (primary N) is 1. The fraction of sp³-hybridized carbons (Fsp3) is 0.250. The molecule has 0 radical (unpaired) electrons. The average molecular weight is 282 g/mol. The van der Waals surface area contributed by atoms with Crippen LogP contribution in [0.15, 0.2) is 28.9 Å². The van der Waals surface area contributed by atoms with Crippen molar-refractivity contribution in [1.29, 1.82) is 0 Å². The van der Waals surface area contributed by atoms with Gasteiger partial charge in [-0.05, 0) is 24.6 Å². The molecule has 0 unspecified atom stereocenters. The summed E-state index contributed by atoms with van der Waals surface area (Å²) in [5.74, 6) is 4.91. The standard InChI is InChI=1S/C16H14N2O3/c17-7-1-2-10-3-5-14-12(8-10)13(9-21-14)11-4-6-15(19)18-16(11)20/h3,5,8-9,11H,4,6-7,17H2,(H,18,19,20)/t11-/m0/s1. The quantitative estimate of drug-likeness (QED) is 0.609. The molecular formula is C16H14N2O3. The van der Waals surface area contributed by atoms with Gasteiger partial charge in [0.05, 0.1) is 18.7 Å². The van der Waals surface area contributed by atoms with Crippen molar-refractivity contribution >= 4 is 22.8 Å². The van der Waals surface area contributed by atoms with Gasteiger partial charge >= 0.3 is 0 Å². The van der Waals surface area contributed by atoms with Crippen molar-refractivity contribution in [1.82, 2.24) is 5.32 Å². The molecule has 2 amide bonds. The number of carbonyl (C=O) groups excluding carboxylic acids is 2. The third-order valence-electron chi connectivity index (χ3n) is 3.55. The number of rotatable bonds is 1. The molecule has 0 saturated carbocycles. The molecule has 1 aromatic carbocycles. The highest BCUT2D eigenvalue weighted by molar-refractivity contribution is 6.02. The van der Waals surface area contributed by atoms with Gasteiger partial charge in [-0.15, -0.1) is 0 Å². The molecule has 0 spiro atoms. The predicted octanol–water partition coefficient (Wildman–Crippen LogP) is 1.26. The van der Waals surface area contributed by atoms with E-state index < -0.39 is 0 Å². The first kappa shape index (κ1) is 13.4. The Kier molecular flexibility index (Phi) is 3.46. The molecule has 5 nitrogen and oxygen atoms in total. The van der Waals surface area contributed by atoms with Gasteiger partial charge in [0.15, 0.2) is 0 Å². The highest BCUT2D eigenvalue weighted by atomic mass is 16.3. The van der Waals surface area contributed by atoms with E-state index in [0.29, 0.717) is 25.0 Å². The van der Waals surface area contributed by atoms with Crippen molar-refractivity contribution in [3.8, 4) is 11.8 Å². The van der Waals surface area contributed by atoms with Gasteiger partial charge in [0.2, 0.25) is 11.8 Å². The van der Waals surface area contributed by atoms with Gasteiger partial charge in [0, 0.05) is 22.9 Å². The molecule has 0 bridgehead atoms. The zero-order valence-electron chi connectivity index (χ0n) is 11.3. The number of imide groups is 1. The largest absolute Gasteiger partial charge is 0.464 e. The van der Waals surface area contributed by atoms with Crippen LogP contribution in [0.3, 0.4) is 0 Å². The number of amides is 2. The number of hydrogen-bond donors (Lipinski definition) is 2. The maximum atomic E-state index is 12.0. The monoisotopic (exact) mass is 282 g/mol. The third kappa shape index (κ3) is 2.54. The fourth-order valence-corrected chi connectivity index (χ4v) is 2.54. The van der Waals surface area contributed by atoms with Crippen LogP contribution in [-0.2, 0) is 9.59 Å². The molecule has 106 valence electrons. The first-order chi connectivity index (χ1) is 10.2. The normalized spacial score (nSPS) is 18.2. The minimum absolute atomic E-state index is 0.224. The Balaban J connectivity index is 2.02. The van der Waals surface area contributed by atoms with Gasteiger partial charge in [-0.2, -0.15) is 0 Å². The molecule has 1 fully saturated rings. The molecule has 2 aromatic rings. The van der Waals surface area contributed by atoms with E-state index in [9.17, 15) is 9.59 Å². The molecule has 1 saturated heterocycles. The number of nitrogens with one attached hydrogen (secondary N) is 1. The molecular weight excluding hydrogens is 268 g/mol. The minimum atomic E-state index is -0.360. The Bertz CT molecular complexity index is 780. The summed E-state index contributed by atoms with van der Waals surface area (Å²) in [7, 11) is 0. The SMILES string of the molecule is NCC#Cc1ccc2occ([C@@H]3CCC(=O)NC3=O)c2c1. The average Bonchev–Trinajstić information content (AvgIpc) is 2.88. The Morgan fingerprint density at radius 2 is 2.24 bits per heavy atom. The van der Waals surface area contributed by atoms with Crippen molar-refractivity contribution in [3.05, 3.63) is 35.6 Å². The van der Waals surface area contributed by atoms with Crippen molar-refractivity contribution < 1.29 is 14.0 Å². The molecule has 1 aliphatic heterocycles. The molecule has 1 aromatic heterocycles. The van der Waals surface area contributed by atoms with E-state index in [-0.39, 0.29) is 17.7 Å². The number of hydrogen-bond acceptors (Lipinski definition) is 4. The lowest BCUT2D eigenvalue weighted by molar-refractivity contribution is -0.134. The third-order valence-corrected chi connectivity index (χ3v) is 3.55. The summed E-state index contributed by atoms with van der Waals surface area (Å²) >= 11 is 0. The number of benzene rings is 1. The van der Waals surface area contributed by atoms with Crippen LogP contribution in [0.5, 0.6) is 0 Å². The van der Waals surface area contributed by atoms with Gasteiger partial charge in [-0.25, -0.2) is 0 Å². The van der Waals surface area contributed by atoms with Crippen LogP contribution in [0.4, 0.5) is 0 Å². The first-order valence-corrected chi connectivity index (χ1v) is 6.73. The second-order valence-electron chi connectivity index (χ2n) is 4.91. The summed E-state index contributed by atoms with van der Waals surface area (Å²) in [5.41, 5.74) is 7.69. The minimum Gasteiger partial charge on any atom is -0.464 e. The van der Waals surface area contributed by atoms with Crippen LogP contribution < -0.4 is 11.1 Å². The van der Waals surface area contributed by atoms with Gasteiger partial charge in [0.1, 0.15) is 5.58 Å². The van der Waals surface area contributed by atoms with Crippen molar-refractivity contribution in [2.75, 3.05) is 6.54 Å². The zero-order chi connectivity index (χ0) is 14.8. The fourth-order valence-electron chi connectivity index (χ4n) is 2.54. The molecule has 1 aliphatic rings. The molecule has 0 aliphatic carbocycles. The first-order valence-electron chi connectivity index (χ1n) is 6.73. The summed E-state index contributed by atoms with van der Waals surface area (Å²) in [4.78, 5) is 23.2. The maximum absolute atomic E-state index is 12.0. The topological polar surface area (TPSA) is 85.3 Å². The number of piperidine rings is 1. The summed E-state index contributed by atoms with van der Waals surface area (Å²) < 4.78 is 5.50. The second-order valence-corrected chi connectivity index (χ2v) is 4.91. The van der Waals surface area contributed by atoms with Crippen LogP contribution in [0, 0.1) is 11.8 Å². The lowest BCUT2D eigenvalue weighted by atomic mass is 9.90. The van der Waals surface area contributed by atoms with Gasteiger partial charge in [0.25, 0.3) is 0 Å². The van der Waals surface area contributed by atoms with Crippen LogP contribution >= 0.6 is 0 Å². The van der Waals surface area contributed by atoms with E-state index in [1.807, 2.05) is 18.2 Å². The van der Waals surface area contributed by atoms with Crippen molar-refractivity contribution in [2.45, 2.75) is 18.8 Å². The molecule has 2 heterocycles. The number of furan rings is 1. The molecule has 5 heteroatoms. The molecule has 1 atom stereocenters. The Morgan fingerprint density at radius 3 is 3.00 bits per heavy atom. The highest BCUT2D eigenvalue weighted by Gasteiger charge is 2.30. The van der Waals surface area contributed by atoms with E-state index in [2.05, 4.69) is 17.2 Å². The van der Waals surface area contributed by atoms with E-state index in [4.69, 9.17) is 10.2 Å². The van der Waals surface area contributed by atoms with Gasteiger partial charge in [-0.3, -0.25) is 14.9 Å². The van der Waals surface area contributed by atoms with E-state index in [0.717, 1.165) is 16.5 Å². The van der Waals surface area contributed by atoms with Gasteiger partial charge < -0.3 is 10.2 Å². The highest BCUT2D eigenvalue weighted by Crippen LogP contribution is 2.32. The number of carbonyl (C=O) groups is 2. The molecule has 3 rings (SSSR count). The van der Waals surface area contributed by atoms with Crippen molar-refractivity contribution in [2.24, 2.45) is 5.73 Å². The summed E-state index contributed by atoms with van der Waals surface area (Å²) in [6.45, 7) is 0.295. The van der Waals surface area contributed by atoms with Crippen molar-refractivity contribution in [3.63, 3.8) is 0 Å². The smallest absolute Gasteiger partial charge is 0.234 e. The van der Waals surface area contributed by atoms with Crippen LogP contribution in [0.1, 0.15) is 29.9 Å². The Morgan fingerprint density at radius 1 is 1.38 bits per heavy atom. The van der Waals surface area contributed by atoms with Crippen LogP contribution in [-0.4, -0.2) is 18.4 Å². The lowest BCUT2D eigenvalue weighted by Crippen LogP contribution is -2.39. The van der Waals surface area contributed by atoms with Crippen LogP contribution in [0.25, 0.3) is 11.0 Å². The van der Waals surface area contributed by atoms with Gasteiger partial charge in [-0.1, -0.05) is 11.8 Å². The van der Waals surface area contributed by atoms with E-state index in [1.165, 1.54) is 0 Å². The number of fused-ring (bicyclic) bond motifs is 1. The molecule has 3 N–H and O–H groups in total. The summed E-state index contributed by atoms with van der Waals surface area (Å²) in [5, 5.41) is 3.22. The Hall–Kier alpha value is -2.58. The van der Waals surface area contributed by atoms with E-state index in [1.54, 1.807) is 6.26 Å². The van der Waals surface area contributed by atoms with E-state index >= 15 is 0 Å². The maximum Gasteiger partial charge on any atom is 0.234 e.